The van der Waals surface area contributed by atoms with Gasteiger partial charge in [0, 0.05) is 19.6 Å². The van der Waals surface area contributed by atoms with Gasteiger partial charge in [0.2, 0.25) is 10.0 Å². The van der Waals surface area contributed by atoms with Gasteiger partial charge in [0.1, 0.15) is 6.54 Å². The predicted octanol–water partition coefficient (Wildman–Crippen LogP) is 0.120. The zero-order valence-corrected chi connectivity index (χ0v) is 14.4. The van der Waals surface area contributed by atoms with Crippen LogP contribution in [0.15, 0.2) is 16.5 Å². The lowest BCUT2D eigenvalue weighted by Crippen LogP contribution is -2.51. The van der Waals surface area contributed by atoms with Gasteiger partial charge in [0.15, 0.2) is 11.0 Å². The van der Waals surface area contributed by atoms with Gasteiger partial charge >= 0.3 is 5.97 Å². The zero-order valence-electron chi connectivity index (χ0n) is 12.8. The van der Waals surface area contributed by atoms with Crippen LogP contribution in [0.4, 0.5) is 0 Å². The maximum absolute atomic E-state index is 12.3. The average molecular weight is 381 g/mol. The van der Waals surface area contributed by atoms with E-state index >= 15 is 0 Å². The molecule has 1 aromatic heterocycles. The molecule has 0 spiro atoms. The van der Waals surface area contributed by atoms with Crippen LogP contribution in [0.3, 0.4) is 0 Å². The molecule has 1 unspecified atom stereocenters. The van der Waals surface area contributed by atoms with Gasteiger partial charge < -0.3 is 19.2 Å². The van der Waals surface area contributed by atoms with E-state index in [9.17, 15) is 18.0 Å². The first kappa shape index (κ1) is 18.7. The molecule has 1 atom stereocenters. The topological polar surface area (TPSA) is 117 Å². The number of carboxylic acid groups (broad SMARTS) is 1. The molecule has 2 rings (SSSR count). The van der Waals surface area contributed by atoms with E-state index in [0.717, 1.165) is 10.6 Å². The van der Waals surface area contributed by atoms with Crippen LogP contribution in [0, 0.1) is 0 Å². The summed E-state index contributed by atoms with van der Waals surface area (Å²) in [5, 5.41) is 8.92. The van der Waals surface area contributed by atoms with E-state index in [1.807, 2.05) is 0 Å². The summed E-state index contributed by atoms with van der Waals surface area (Å²) in [6.07, 6.45) is 0.286. The Bertz CT molecular complexity index is 718. The van der Waals surface area contributed by atoms with E-state index in [0.29, 0.717) is 6.54 Å². The van der Waals surface area contributed by atoms with Crippen molar-refractivity contribution < 1.29 is 32.3 Å². The monoisotopic (exact) mass is 380 g/mol. The number of halogens is 1. The number of ether oxygens (including phenoxy) is 1. The number of carbonyl (C=O) groups excluding carboxylic acids is 1. The Balaban J connectivity index is 2.04. The number of carbonyl (C=O) groups is 2. The van der Waals surface area contributed by atoms with Crippen LogP contribution in [0.25, 0.3) is 0 Å². The number of hydrogen-bond acceptors (Lipinski definition) is 6. The summed E-state index contributed by atoms with van der Waals surface area (Å²) in [7, 11) is -3.71. The van der Waals surface area contributed by atoms with Gasteiger partial charge in [0.05, 0.1) is 19.0 Å². The quantitative estimate of drug-likeness (QED) is 0.744. The minimum atomic E-state index is -3.71. The number of rotatable bonds is 6. The molecule has 11 heteroatoms. The van der Waals surface area contributed by atoms with Crippen molar-refractivity contribution in [1.82, 2.24) is 9.21 Å². The molecular formula is C13H17ClN2O7S. The second kappa shape index (κ2) is 7.51. The summed E-state index contributed by atoms with van der Waals surface area (Å²) in [5.74, 6) is -1.58. The molecule has 9 nitrogen and oxygen atoms in total. The van der Waals surface area contributed by atoms with Crippen molar-refractivity contribution in [1.29, 1.82) is 0 Å². The number of hydrogen-bond donors (Lipinski definition) is 1. The Morgan fingerprint density at radius 3 is 2.71 bits per heavy atom. The number of nitrogens with zero attached hydrogens (tertiary/aromatic N) is 2. The lowest BCUT2D eigenvalue weighted by Gasteiger charge is -2.34. The van der Waals surface area contributed by atoms with Gasteiger partial charge in [-0.1, -0.05) is 0 Å². The van der Waals surface area contributed by atoms with Crippen molar-refractivity contribution >= 4 is 33.5 Å². The largest absolute Gasteiger partial charge is 0.480 e. The molecule has 134 valence electrons. The van der Waals surface area contributed by atoms with Crippen molar-refractivity contribution in [2.24, 2.45) is 0 Å². The number of aliphatic carboxylic acids is 1. The minimum absolute atomic E-state index is 0.0751. The number of sulfonamides is 1. The molecule has 0 radical (unpaired) electrons. The van der Waals surface area contributed by atoms with Crippen LogP contribution in [0.2, 0.25) is 5.22 Å². The Morgan fingerprint density at radius 1 is 1.46 bits per heavy atom. The number of morpholine rings is 1. The van der Waals surface area contributed by atoms with E-state index in [-0.39, 0.29) is 36.6 Å². The third-order valence-electron chi connectivity index (χ3n) is 3.40. The summed E-state index contributed by atoms with van der Waals surface area (Å²) < 4.78 is 34.7. The van der Waals surface area contributed by atoms with Gasteiger partial charge in [0.25, 0.3) is 5.91 Å². The Kier molecular flexibility index (Phi) is 5.86. The average Bonchev–Trinajstić information content (AvgIpc) is 2.91. The highest BCUT2D eigenvalue weighted by Crippen LogP contribution is 2.17. The molecule has 0 aromatic carbocycles. The van der Waals surface area contributed by atoms with E-state index in [4.69, 9.17) is 25.9 Å². The van der Waals surface area contributed by atoms with Gasteiger partial charge in [-0.2, -0.15) is 4.31 Å². The standard InChI is InChI=1S/C13H17ClN2O7S/c1-24(20,21)16(8-12(17)18)7-9-6-15(4-5-22-9)13(19)10-2-3-11(14)23-10/h2-3,9H,4-8H2,1H3,(H,17,18). The van der Waals surface area contributed by atoms with Crippen LogP contribution in [-0.2, 0) is 19.6 Å². The van der Waals surface area contributed by atoms with Crippen LogP contribution >= 0.6 is 11.6 Å². The van der Waals surface area contributed by atoms with Crippen LogP contribution in [-0.4, -0.2) is 79.8 Å². The van der Waals surface area contributed by atoms with Crippen LogP contribution < -0.4 is 0 Å². The van der Waals surface area contributed by atoms with E-state index in [2.05, 4.69) is 0 Å². The number of carboxylic acids is 1. The highest BCUT2D eigenvalue weighted by atomic mass is 35.5. The molecule has 1 saturated heterocycles. The van der Waals surface area contributed by atoms with E-state index in [1.54, 1.807) is 0 Å². The lowest BCUT2D eigenvalue weighted by molar-refractivity contribution is -0.137. The zero-order chi connectivity index (χ0) is 17.9. The summed E-state index contributed by atoms with van der Waals surface area (Å²) in [6, 6.07) is 2.90. The Labute approximate surface area is 143 Å². The number of furan rings is 1. The first-order chi connectivity index (χ1) is 11.2. The molecule has 1 aliphatic rings. The van der Waals surface area contributed by atoms with Crippen molar-refractivity contribution in [3.05, 3.63) is 23.1 Å². The summed E-state index contributed by atoms with van der Waals surface area (Å²) in [6.45, 7) is -0.196. The fourth-order valence-corrected chi connectivity index (χ4v) is 3.22. The maximum Gasteiger partial charge on any atom is 0.318 e. The fourth-order valence-electron chi connectivity index (χ4n) is 2.29. The predicted molar refractivity (Wildman–Crippen MR) is 83.4 cm³/mol. The SMILES string of the molecule is CS(=O)(=O)N(CC(=O)O)CC1CN(C(=O)c2ccc(Cl)o2)CCO1. The molecule has 1 amide bonds. The molecule has 0 aliphatic carbocycles. The van der Waals surface area contributed by atoms with Gasteiger partial charge in [-0.05, 0) is 23.7 Å². The molecule has 24 heavy (non-hydrogen) atoms. The van der Waals surface area contributed by atoms with Crippen LogP contribution in [0.5, 0.6) is 0 Å². The summed E-state index contributed by atoms with van der Waals surface area (Å²) >= 11 is 5.65. The smallest absolute Gasteiger partial charge is 0.318 e. The molecule has 0 saturated carbocycles. The van der Waals surface area contributed by atoms with Crippen molar-refractivity contribution in [3.63, 3.8) is 0 Å². The second-order valence-electron chi connectivity index (χ2n) is 5.30. The van der Waals surface area contributed by atoms with Gasteiger partial charge in [-0.3, -0.25) is 9.59 Å². The minimum Gasteiger partial charge on any atom is -0.480 e. The summed E-state index contributed by atoms with van der Waals surface area (Å²) in [5.41, 5.74) is 0. The Morgan fingerprint density at radius 2 is 2.17 bits per heavy atom. The molecular weight excluding hydrogens is 364 g/mol. The molecule has 1 N–H and O–H groups in total. The maximum atomic E-state index is 12.3. The Hall–Kier alpha value is -1.62. The van der Waals surface area contributed by atoms with Gasteiger partial charge in [-0.15, -0.1) is 0 Å². The van der Waals surface area contributed by atoms with Crippen molar-refractivity contribution in [2.45, 2.75) is 6.10 Å². The van der Waals surface area contributed by atoms with E-state index < -0.39 is 28.6 Å². The molecule has 2 heterocycles. The van der Waals surface area contributed by atoms with Crippen LogP contribution in [0.1, 0.15) is 10.6 Å². The molecule has 1 aliphatic heterocycles. The number of amides is 1. The van der Waals surface area contributed by atoms with E-state index in [1.165, 1.54) is 17.0 Å². The van der Waals surface area contributed by atoms with Crippen molar-refractivity contribution in [3.8, 4) is 0 Å². The third kappa shape index (κ3) is 4.94. The highest BCUT2D eigenvalue weighted by Gasteiger charge is 2.31. The first-order valence-electron chi connectivity index (χ1n) is 7.00. The van der Waals surface area contributed by atoms with Crippen molar-refractivity contribution in [2.75, 3.05) is 39.0 Å². The lowest BCUT2D eigenvalue weighted by atomic mass is 10.2. The first-order valence-corrected chi connectivity index (χ1v) is 9.22. The normalized spacial score (nSPS) is 18.8. The van der Waals surface area contributed by atoms with Gasteiger partial charge in [-0.25, -0.2) is 8.42 Å². The molecule has 0 bridgehead atoms. The second-order valence-corrected chi connectivity index (χ2v) is 7.65. The summed E-state index contributed by atoms with van der Waals surface area (Å²) in [4.78, 5) is 24.6. The highest BCUT2D eigenvalue weighted by molar-refractivity contribution is 7.88. The fraction of sp³-hybridized carbons (Fsp3) is 0.538. The molecule has 1 fully saturated rings. The third-order valence-corrected chi connectivity index (χ3v) is 4.82. The molecule has 1 aromatic rings.